The highest BCUT2D eigenvalue weighted by Gasteiger charge is 2.40. The van der Waals surface area contributed by atoms with Crippen LogP contribution < -0.4 is 10.2 Å². The molecule has 138 valence electrons. The molecule has 0 aliphatic carbocycles. The van der Waals surface area contributed by atoms with Gasteiger partial charge in [-0.2, -0.15) is 13.2 Å². The molecule has 1 amide bonds. The second-order valence-electron chi connectivity index (χ2n) is 5.50. The lowest BCUT2D eigenvalue weighted by molar-refractivity contribution is -0.384. The summed E-state index contributed by atoms with van der Waals surface area (Å²) < 4.78 is 39.7. The van der Waals surface area contributed by atoms with Crippen LogP contribution in [0.5, 0.6) is 0 Å². The fourth-order valence-electron chi connectivity index (χ4n) is 2.56. The zero-order chi connectivity index (χ0) is 19.8. The van der Waals surface area contributed by atoms with Gasteiger partial charge in [0.2, 0.25) is 0 Å². The molecule has 1 N–H and O–H groups in total. The van der Waals surface area contributed by atoms with E-state index in [0.717, 1.165) is 17.0 Å². The highest BCUT2D eigenvalue weighted by Crippen LogP contribution is 2.37. The van der Waals surface area contributed by atoms with Crippen molar-refractivity contribution in [2.75, 3.05) is 4.90 Å². The number of halogens is 3. The van der Waals surface area contributed by atoms with Crippen LogP contribution in [-0.2, 0) is 11.0 Å². The number of hydrogen-bond donors (Lipinski definition) is 1. The first-order valence-corrected chi connectivity index (χ1v) is 7.87. The monoisotopic (exact) mass is 393 g/mol. The molecule has 1 saturated heterocycles. The van der Waals surface area contributed by atoms with Crippen molar-refractivity contribution >= 4 is 40.7 Å². The molecule has 0 atom stereocenters. The SMILES string of the molecule is O=C1/C(=C/c2cccc([N+](=O)[O-])c2)NC(=S)N1c1ccccc1C(F)(F)F. The van der Waals surface area contributed by atoms with E-state index < -0.39 is 28.3 Å². The molecule has 1 fully saturated rings. The van der Waals surface area contributed by atoms with Gasteiger partial charge in [0.1, 0.15) is 5.70 Å². The van der Waals surface area contributed by atoms with Crippen LogP contribution in [-0.4, -0.2) is 15.9 Å². The highest BCUT2D eigenvalue weighted by molar-refractivity contribution is 7.80. The molecule has 10 heteroatoms. The third-order valence-corrected chi connectivity index (χ3v) is 4.01. The number of nitro benzene ring substituents is 1. The van der Waals surface area contributed by atoms with E-state index in [1.807, 2.05) is 0 Å². The largest absolute Gasteiger partial charge is 0.418 e. The molecule has 6 nitrogen and oxygen atoms in total. The molecule has 0 radical (unpaired) electrons. The Balaban J connectivity index is 2.00. The lowest BCUT2D eigenvalue weighted by atomic mass is 10.1. The first kappa shape index (κ1) is 18.5. The van der Waals surface area contributed by atoms with Crippen molar-refractivity contribution in [3.8, 4) is 0 Å². The number of nitro groups is 1. The molecule has 0 spiro atoms. The first-order chi connectivity index (χ1) is 12.7. The average Bonchev–Trinajstić information content (AvgIpc) is 2.88. The van der Waals surface area contributed by atoms with Gasteiger partial charge < -0.3 is 5.32 Å². The van der Waals surface area contributed by atoms with Crippen LogP contribution >= 0.6 is 12.2 Å². The Hall–Kier alpha value is -3.27. The van der Waals surface area contributed by atoms with Crippen molar-refractivity contribution in [1.29, 1.82) is 0 Å². The Morgan fingerprint density at radius 3 is 2.52 bits per heavy atom. The van der Waals surface area contributed by atoms with Crippen molar-refractivity contribution in [2.24, 2.45) is 0 Å². The molecule has 0 bridgehead atoms. The summed E-state index contributed by atoms with van der Waals surface area (Å²) in [7, 11) is 0. The molecule has 0 aromatic heterocycles. The second-order valence-corrected chi connectivity index (χ2v) is 5.88. The Morgan fingerprint density at radius 1 is 1.15 bits per heavy atom. The topological polar surface area (TPSA) is 75.5 Å². The average molecular weight is 393 g/mol. The van der Waals surface area contributed by atoms with Gasteiger partial charge in [-0.05, 0) is 36.0 Å². The van der Waals surface area contributed by atoms with Crippen LogP contribution in [0.4, 0.5) is 24.5 Å². The van der Waals surface area contributed by atoms with Gasteiger partial charge in [0, 0.05) is 12.1 Å². The van der Waals surface area contributed by atoms with Crippen LogP contribution in [0.1, 0.15) is 11.1 Å². The van der Waals surface area contributed by atoms with E-state index in [4.69, 9.17) is 12.2 Å². The minimum atomic E-state index is -4.67. The number of benzene rings is 2. The van der Waals surface area contributed by atoms with Crippen LogP contribution in [0, 0.1) is 10.1 Å². The van der Waals surface area contributed by atoms with Crippen molar-refractivity contribution in [3.05, 3.63) is 75.5 Å². The first-order valence-electron chi connectivity index (χ1n) is 7.46. The van der Waals surface area contributed by atoms with Crippen LogP contribution in [0.3, 0.4) is 0 Å². The van der Waals surface area contributed by atoms with Gasteiger partial charge in [-0.1, -0.05) is 24.3 Å². The second kappa shape index (κ2) is 6.80. The fourth-order valence-corrected chi connectivity index (χ4v) is 2.85. The number of nitrogens with zero attached hydrogens (tertiary/aromatic N) is 2. The number of anilines is 1. The van der Waals surface area contributed by atoms with E-state index in [-0.39, 0.29) is 16.5 Å². The molecular formula is C17H10F3N3O3S. The van der Waals surface area contributed by atoms with E-state index in [9.17, 15) is 28.1 Å². The van der Waals surface area contributed by atoms with Crippen molar-refractivity contribution < 1.29 is 22.9 Å². The Morgan fingerprint density at radius 2 is 1.85 bits per heavy atom. The van der Waals surface area contributed by atoms with Gasteiger partial charge in [-0.15, -0.1) is 0 Å². The van der Waals surface area contributed by atoms with Crippen LogP contribution in [0.15, 0.2) is 54.2 Å². The Labute approximate surface area is 156 Å². The number of rotatable bonds is 3. The number of para-hydroxylation sites is 1. The number of hydrogen-bond acceptors (Lipinski definition) is 4. The number of nitrogens with one attached hydrogen (secondary N) is 1. The molecule has 1 heterocycles. The van der Waals surface area contributed by atoms with Gasteiger partial charge in [0.25, 0.3) is 11.6 Å². The minimum absolute atomic E-state index is 0.0857. The predicted octanol–water partition coefficient (Wildman–Crippen LogP) is 3.88. The van der Waals surface area contributed by atoms with Crippen LogP contribution in [0.2, 0.25) is 0 Å². The molecule has 1 aliphatic heterocycles. The summed E-state index contributed by atoms with van der Waals surface area (Å²) in [5.74, 6) is -0.789. The van der Waals surface area contributed by atoms with Gasteiger partial charge in [0.15, 0.2) is 5.11 Å². The third kappa shape index (κ3) is 3.65. The van der Waals surface area contributed by atoms with Crippen molar-refractivity contribution in [3.63, 3.8) is 0 Å². The van der Waals surface area contributed by atoms with Crippen LogP contribution in [0.25, 0.3) is 6.08 Å². The Kier molecular flexibility index (Phi) is 4.66. The zero-order valence-corrected chi connectivity index (χ0v) is 14.2. The predicted molar refractivity (Wildman–Crippen MR) is 95.7 cm³/mol. The maximum Gasteiger partial charge on any atom is 0.418 e. The standard InChI is InChI=1S/C17H10F3N3O3S/c18-17(19,20)12-6-1-2-7-14(12)22-15(24)13(21-16(22)27)9-10-4-3-5-11(8-10)23(25)26/h1-9H,(H,21,27)/b13-9-. The summed E-state index contributed by atoms with van der Waals surface area (Å²) in [5.41, 5.74) is -1.34. The molecule has 2 aromatic carbocycles. The fraction of sp³-hybridized carbons (Fsp3) is 0.0588. The number of carbonyl (C=O) groups is 1. The molecule has 3 rings (SSSR count). The minimum Gasteiger partial charge on any atom is -0.327 e. The molecule has 2 aromatic rings. The van der Waals surface area contributed by atoms with E-state index >= 15 is 0 Å². The highest BCUT2D eigenvalue weighted by atomic mass is 32.1. The smallest absolute Gasteiger partial charge is 0.327 e. The zero-order valence-electron chi connectivity index (χ0n) is 13.4. The summed E-state index contributed by atoms with van der Waals surface area (Å²) in [6.45, 7) is 0. The lowest BCUT2D eigenvalue weighted by Gasteiger charge is -2.19. The molecule has 27 heavy (non-hydrogen) atoms. The maximum absolute atomic E-state index is 13.2. The third-order valence-electron chi connectivity index (χ3n) is 3.72. The van der Waals surface area contributed by atoms with Crippen molar-refractivity contribution in [1.82, 2.24) is 5.32 Å². The van der Waals surface area contributed by atoms with Gasteiger partial charge >= 0.3 is 6.18 Å². The number of alkyl halides is 3. The summed E-state index contributed by atoms with van der Waals surface area (Å²) >= 11 is 5.02. The summed E-state index contributed by atoms with van der Waals surface area (Å²) in [4.78, 5) is 23.6. The van der Waals surface area contributed by atoms with E-state index in [1.165, 1.54) is 42.5 Å². The summed E-state index contributed by atoms with van der Waals surface area (Å²) in [6.07, 6.45) is -3.38. The van der Waals surface area contributed by atoms with Crippen molar-refractivity contribution in [2.45, 2.75) is 6.18 Å². The van der Waals surface area contributed by atoms with E-state index in [0.29, 0.717) is 5.56 Å². The molecule has 0 unspecified atom stereocenters. The van der Waals surface area contributed by atoms with E-state index in [1.54, 1.807) is 0 Å². The molecule has 1 aliphatic rings. The van der Waals surface area contributed by atoms with Gasteiger partial charge in [0.05, 0.1) is 16.2 Å². The maximum atomic E-state index is 13.2. The summed E-state index contributed by atoms with van der Waals surface area (Å²) in [5, 5.41) is 13.2. The number of thiocarbonyl (C=S) groups is 1. The number of amides is 1. The quantitative estimate of drug-likeness (QED) is 0.371. The number of non-ortho nitro benzene ring substituents is 1. The van der Waals surface area contributed by atoms with Gasteiger partial charge in [-0.25, -0.2) is 0 Å². The molecule has 0 saturated carbocycles. The molecular weight excluding hydrogens is 383 g/mol. The lowest BCUT2D eigenvalue weighted by Crippen LogP contribution is -2.32. The number of carbonyl (C=O) groups excluding carboxylic acids is 1. The normalized spacial score (nSPS) is 16.0. The van der Waals surface area contributed by atoms with E-state index in [2.05, 4.69) is 5.32 Å². The Bertz CT molecular complexity index is 989. The van der Waals surface area contributed by atoms with Gasteiger partial charge in [-0.3, -0.25) is 19.8 Å². The summed E-state index contributed by atoms with van der Waals surface area (Å²) in [6, 6.07) is 10.0.